The van der Waals surface area contributed by atoms with Crippen molar-refractivity contribution >= 4 is 32.5 Å². The zero-order valence-electron chi connectivity index (χ0n) is 13.0. The predicted octanol–water partition coefficient (Wildman–Crippen LogP) is 2.73. The van der Waals surface area contributed by atoms with Crippen LogP contribution in [0.5, 0.6) is 0 Å². The lowest BCUT2D eigenvalue weighted by Gasteiger charge is -2.08. The Morgan fingerprint density at radius 2 is 2.04 bits per heavy atom. The van der Waals surface area contributed by atoms with Crippen LogP contribution in [-0.4, -0.2) is 31.1 Å². The van der Waals surface area contributed by atoms with Crippen LogP contribution in [0.15, 0.2) is 23.1 Å². The first kappa shape index (κ1) is 17.4. The molecule has 0 saturated heterocycles. The van der Waals surface area contributed by atoms with E-state index in [9.17, 15) is 18.5 Å². The van der Waals surface area contributed by atoms with Gasteiger partial charge in [0.15, 0.2) is 9.84 Å². The number of hydrogen-bond acceptors (Lipinski definition) is 7. The quantitative estimate of drug-likeness (QED) is 0.631. The van der Waals surface area contributed by atoms with Crippen molar-refractivity contribution < 1.29 is 13.3 Å². The summed E-state index contributed by atoms with van der Waals surface area (Å²) in [4.78, 5) is 15.9. The molecule has 0 radical (unpaired) electrons. The van der Waals surface area contributed by atoms with Gasteiger partial charge in [-0.05, 0) is 26.0 Å². The van der Waals surface area contributed by atoms with Gasteiger partial charge in [0.2, 0.25) is 0 Å². The zero-order chi connectivity index (χ0) is 17.2. The first-order chi connectivity index (χ1) is 10.7. The normalized spacial score (nSPS) is 11.4. The molecule has 0 aliphatic heterocycles. The summed E-state index contributed by atoms with van der Waals surface area (Å²) in [6.45, 7) is 4.36. The molecule has 1 N–H and O–H groups in total. The second-order valence-corrected chi connectivity index (χ2v) is 8.38. The van der Waals surface area contributed by atoms with Crippen molar-refractivity contribution in [3.05, 3.63) is 43.9 Å². The number of nitrogens with zero attached hydrogens (tertiary/aromatic N) is 2. The highest BCUT2D eigenvalue weighted by molar-refractivity contribution is 7.90. The number of aromatic nitrogens is 1. The van der Waals surface area contributed by atoms with E-state index in [1.807, 2.05) is 13.8 Å². The lowest BCUT2D eigenvalue weighted by Crippen LogP contribution is -2.10. The number of hydrogen-bond donors (Lipinski definition) is 1. The summed E-state index contributed by atoms with van der Waals surface area (Å²) >= 11 is 1.59. The van der Waals surface area contributed by atoms with Crippen molar-refractivity contribution in [1.29, 1.82) is 0 Å². The highest BCUT2D eigenvalue weighted by atomic mass is 32.2. The van der Waals surface area contributed by atoms with Gasteiger partial charge in [0.05, 0.1) is 15.6 Å². The van der Waals surface area contributed by atoms with E-state index in [0.29, 0.717) is 13.0 Å². The predicted molar refractivity (Wildman–Crippen MR) is 90.0 cm³/mol. The fourth-order valence-electron chi connectivity index (χ4n) is 2.10. The summed E-state index contributed by atoms with van der Waals surface area (Å²) < 4.78 is 23.4. The van der Waals surface area contributed by atoms with Crippen LogP contribution in [0.1, 0.15) is 15.6 Å². The molecule has 0 atom stereocenters. The highest BCUT2D eigenvalue weighted by Gasteiger charge is 2.25. The number of benzene rings is 1. The van der Waals surface area contributed by atoms with Crippen molar-refractivity contribution in [3.8, 4) is 0 Å². The topological polar surface area (TPSA) is 102 Å². The molecule has 124 valence electrons. The molecular weight excluding hydrogens is 338 g/mol. The number of rotatable bonds is 6. The average molecular weight is 355 g/mol. The van der Waals surface area contributed by atoms with E-state index in [-0.39, 0.29) is 10.6 Å². The van der Waals surface area contributed by atoms with Gasteiger partial charge in [-0.2, -0.15) is 0 Å². The van der Waals surface area contributed by atoms with Gasteiger partial charge in [-0.1, -0.05) is 6.07 Å². The van der Waals surface area contributed by atoms with E-state index in [2.05, 4.69) is 10.3 Å². The molecule has 0 amide bonds. The molecular formula is C14H17N3O4S2. The molecule has 7 nitrogen and oxygen atoms in total. The van der Waals surface area contributed by atoms with E-state index in [0.717, 1.165) is 21.8 Å². The van der Waals surface area contributed by atoms with Crippen LogP contribution in [0.3, 0.4) is 0 Å². The Bertz CT molecular complexity index is 824. The maximum Gasteiger partial charge on any atom is 0.310 e. The fourth-order valence-corrected chi connectivity index (χ4v) is 3.90. The van der Waals surface area contributed by atoms with Crippen molar-refractivity contribution in [2.75, 3.05) is 18.1 Å². The van der Waals surface area contributed by atoms with Gasteiger partial charge in [-0.25, -0.2) is 13.4 Å². The zero-order valence-corrected chi connectivity index (χ0v) is 14.6. The summed E-state index contributed by atoms with van der Waals surface area (Å²) in [5.74, 6) is 0. The van der Waals surface area contributed by atoms with Gasteiger partial charge in [0, 0.05) is 24.1 Å². The standard InChI is InChI=1S/C14H17N3O4S2/c1-9-10(2)22-13(16-9)7-8-15-11-5-4-6-12(23(3,20)21)14(11)17(18)19/h4-6,15H,7-8H2,1-3H3. The number of nitrogens with one attached hydrogen (secondary N) is 1. The first-order valence-electron chi connectivity index (χ1n) is 6.84. The van der Waals surface area contributed by atoms with Gasteiger partial charge < -0.3 is 5.32 Å². The Hall–Kier alpha value is -2.00. The molecule has 9 heteroatoms. The first-order valence-corrected chi connectivity index (χ1v) is 9.55. The number of aryl methyl sites for hydroxylation is 2. The molecule has 23 heavy (non-hydrogen) atoms. The lowest BCUT2D eigenvalue weighted by atomic mass is 10.2. The maximum absolute atomic E-state index is 11.7. The second kappa shape index (κ2) is 6.63. The maximum atomic E-state index is 11.7. The number of para-hydroxylation sites is 1. The summed E-state index contributed by atoms with van der Waals surface area (Å²) in [5.41, 5.74) is 0.763. The van der Waals surface area contributed by atoms with Crippen molar-refractivity contribution in [1.82, 2.24) is 4.98 Å². The molecule has 0 spiro atoms. The summed E-state index contributed by atoms with van der Waals surface area (Å²) in [6.07, 6.45) is 1.57. The molecule has 0 bridgehead atoms. The van der Waals surface area contributed by atoms with Crippen LogP contribution in [0.25, 0.3) is 0 Å². The van der Waals surface area contributed by atoms with Gasteiger partial charge in [-0.3, -0.25) is 10.1 Å². The average Bonchev–Trinajstić information content (AvgIpc) is 2.76. The van der Waals surface area contributed by atoms with E-state index >= 15 is 0 Å². The van der Waals surface area contributed by atoms with Gasteiger partial charge in [0.25, 0.3) is 0 Å². The molecule has 0 aliphatic carbocycles. The van der Waals surface area contributed by atoms with Crippen LogP contribution in [0.2, 0.25) is 0 Å². The molecule has 0 aliphatic rings. The number of nitro groups is 1. The van der Waals surface area contributed by atoms with Crippen molar-refractivity contribution in [2.24, 2.45) is 0 Å². The summed E-state index contributed by atoms with van der Waals surface area (Å²) in [7, 11) is -3.67. The van der Waals surface area contributed by atoms with Crippen LogP contribution >= 0.6 is 11.3 Å². The SMILES string of the molecule is Cc1nc(CCNc2cccc(S(C)(=O)=O)c2[N+](=O)[O-])sc1C. The van der Waals surface area contributed by atoms with E-state index in [1.54, 1.807) is 11.3 Å². The van der Waals surface area contributed by atoms with E-state index in [1.165, 1.54) is 18.2 Å². The van der Waals surface area contributed by atoms with Crippen LogP contribution in [0.4, 0.5) is 11.4 Å². The molecule has 0 fully saturated rings. The third-order valence-corrected chi connectivity index (χ3v) is 5.57. The van der Waals surface area contributed by atoms with Crippen LogP contribution in [0, 0.1) is 24.0 Å². The Labute approximate surface area is 138 Å². The monoisotopic (exact) mass is 355 g/mol. The third-order valence-electron chi connectivity index (χ3n) is 3.31. The summed E-state index contributed by atoms with van der Waals surface area (Å²) in [5, 5.41) is 15.1. The smallest absolute Gasteiger partial charge is 0.310 e. The Morgan fingerprint density at radius 3 is 2.57 bits per heavy atom. The number of anilines is 1. The van der Waals surface area contributed by atoms with Crippen molar-refractivity contribution in [2.45, 2.75) is 25.2 Å². The molecule has 2 aromatic rings. The van der Waals surface area contributed by atoms with Gasteiger partial charge >= 0.3 is 5.69 Å². The highest BCUT2D eigenvalue weighted by Crippen LogP contribution is 2.31. The summed E-state index contributed by atoms with van der Waals surface area (Å²) in [6, 6.07) is 4.24. The van der Waals surface area contributed by atoms with Gasteiger partial charge in [0.1, 0.15) is 10.6 Å². The molecule has 1 aromatic carbocycles. The van der Waals surface area contributed by atoms with Gasteiger partial charge in [-0.15, -0.1) is 11.3 Å². The molecule has 0 saturated carbocycles. The minimum absolute atomic E-state index is 0.197. The number of nitro benzene ring substituents is 1. The van der Waals surface area contributed by atoms with Crippen LogP contribution < -0.4 is 5.32 Å². The molecule has 1 heterocycles. The van der Waals surface area contributed by atoms with E-state index < -0.39 is 20.4 Å². The Balaban J connectivity index is 2.21. The number of thiazole rings is 1. The largest absolute Gasteiger partial charge is 0.379 e. The van der Waals surface area contributed by atoms with E-state index in [4.69, 9.17) is 0 Å². The number of sulfone groups is 1. The minimum Gasteiger partial charge on any atom is -0.379 e. The Kier molecular flexibility index (Phi) is 5.00. The Morgan fingerprint density at radius 1 is 1.35 bits per heavy atom. The lowest BCUT2D eigenvalue weighted by molar-refractivity contribution is -0.386. The molecule has 1 aromatic heterocycles. The minimum atomic E-state index is -3.67. The van der Waals surface area contributed by atoms with Crippen LogP contribution in [-0.2, 0) is 16.3 Å². The molecule has 0 unspecified atom stereocenters. The molecule has 2 rings (SSSR count). The fraction of sp³-hybridized carbons (Fsp3) is 0.357. The van der Waals surface area contributed by atoms with Crippen molar-refractivity contribution in [3.63, 3.8) is 0 Å². The third kappa shape index (κ3) is 4.05. The second-order valence-electron chi connectivity index (χ2n) is 5.11.